The molecule has 0 radical (unpaired) electrons. The Kier molecular flexibility index (Phi) is 5.94. The largest absolute Gasteiger partial charge is 0.242 e. The van der Waals surface area contributed by atoms with E-state index in [1.807, 2.05) is 0 Å². The second kappa shape index (κ2) is 7.09. The van der Waals surface area contributed by atoms with Crippen molar-refractivity contribution in [3.8, 4) is 0 Å². The number of benzene rings is 1. The van der Waals surface area contributed by atoms with Crippen LogP contribution in [0.15, 0.2) is 27.6 Å². The number of rotatable bonds is 4. The van der Waals surface area contributed by atoms with Gasteiger partial charge in [-0.15, -0.1) is 0 Å². The molecule has 1 N–H and O–H groups in total. The Morgan fingerprint density at radius 3 is 2.75 bits per heavy atom. The molecule has 1 aliphatic rings. The van der Waals surface area contributed by atoms with Crippen LogP contribution in [0.4, 0.5) is 0 Å². The van der Waals surface area contributed by atoms with Crippen LogP contribution < -0.4 is 4.72 Å². The van der Waals surface area contributed by atoms with Crippen LogP contribution in [0.3, 0.4) is 0 Å². The highest BCUT2D eigenvalue weighted by molar-refractivity contribution is 9.10. The van der Waals surface area contributed by atoms with E-state index in [2.05, 4.69) is 36.6 Å². The molecule has 0 aromatic heterocycles. The van der Waals surface area contributed by atoms with Crippen LogP contribution in [-0.4, -0.2) is 19.8 Å². The zero-order valence-corrected chi connectivity index (χ0v) is 15.5. The summed E-state index contributed by atoms with van der Waals surface area (Å²) in [5.74, 6) is 0.386. The summed E-state index contributed by atoms with van der Waals surface area (Å²) in [5, 5.41) is 0.230. The number of halogens is 3. The molecule has 0 saturated heterocycles. The third-order valence-corrected chi connectivity index (χ3v) is 6.70. The summed E-state index contributed by atoms with van der Waals surface area (Å²) < 4.78 is 28.0. The zero-order valence-electron chi connectivity index (χ0n) is 10.8. The van der Waals surface area contributed by atoms with Crippen LogP contribution in [0.1, 0.15) is 25.7 Å². The van der Waals surface area contributed by atoms with Gasteiger partial charge in [-0.2, -0.15) is 0 Å². The molecule has 1 saturated carbocycles. The van der Waals surface area contributed by atoms with Crippen molar-refractivity contribution in [2.45, 2.75) is 35.4 Å². The third-order valence-electron chi connectivity index (χ3n) is 3.46. The summed E-state index contributed by atoms with van der Waals surface area (Å²) in [6, 6.07) is 4.78. The minimum Gasteiger partial charge on any atom is -0.211 e. The highest BCUT2D eigenvalue weighted by Gasteiger charge is 2.23. The van der Waals surface area contributed by atoms with Gasteiger partial charge in [0, 0.05) is 15.8 Å². The zero-order chi connectivity index (χ0) is 14.8. The first-order chi connectivity index (χ1) is 9.38. The molecule has 0 spiro atoms. The van der Waals surface area contributed by atoms with Gasteiger partial charge in [-0.05, 0) is 43.4 Å². The first kappa shape index (κ1) is 16.7. The first-order valence-corrected chi connectivity index (χ1v) is 10.0. The number of hydrogen-bond donors (Lipinski definition) is 1. The highest BCUT2D eigenvalue weighted by Crippen LogP contribution is 2.29. The van der Waals surface area contributed by atoms with Gasteiger partial charge in [-0.25, -0.2) is 13.1 Å². The molecule has 0 aliphatic heterocycles. The van der Waals surface area contributed by atoms with Gasteiger partial charge < -0.3 is 0 Å². The molecular weight excluding hydrogens is 429 g/mol. The maximum Gasteiger partial charge on any atom is 0.242 e. The minimum atomic E-state index is -3.54. The number of nitrogens with one attached hydrogen (secondary N) is 1. The Morgan fingerprint density at radius 1 is 1.35 bits per heavy atom. The van der Waals surface area contributed by atoms with Crippen molar-refractivity contribution < 1.29 is 8.42 Å². The van der Waals surface area contributed by atoms with E-state index in [0.29, 0.717) is 17.3 Å². The Hall–Kier alpha value is 0.380. The lowest BCUT2D eigenvalue weighted by molar-refractivity contribution is 0.368. The molecule has 1 fully saturated rings. The molecule has 20 heavy (non-hydrogen) atoms. The van der Waals surface area contributed by atoms with Crippen LogP contribution in [0.2, 0.25) is 5.02 Å². The standard InChI is InChI=1S/C13H16Br2ClNO2S/c14-10-3-1-2-9(6-10)8-17-20(18,19)13-5-4-11(15)7-12(13)16/h4-5,7,9-10,17H,1-3,6,8H2. The minimum absolute atomic E-state index is 0.133. The molecule has 3 nitrogen and oxygen atoms in total. The SMILES string of the molecule is O=S(=O)(NCC1CCCC(Br)C1)c1ccc(Br)cc1Cl. The normalized spacial score (nSPS) is 23.8. The van der Waals surface area contributed by atoms with Crippen molar-refractivity contribution in [1.29, 1.82) is 0 Å². The lowest BCUT2D eigenvalue weighted by atomic mass is 9.89. The fourth-order valence-corrected chi connectivity index (χ4v) is 5.41. The van der Waals surface area contributed by atoms with E-state index >= 15 is 0 Å². The van der Waals surface area contributed by atoms with Crippen LogP contribution in [0.25, 0.3) is 0 Å². The predicted octanol–water partition coefficient (Wildman–Crippen LogP) is 4.33. The van der Waals surface area contributed by atoms with E-state index < -0.39 is 10.0 Å². The van der Waals surface area contributed by atoms with Crippen molar-refractivity contribution in [1.82, 2.24) is 4.72 Å². The van der Waals surface area contributed by atoms with E-state index in [-0.39, 0.29) is 9.92 Å². The molecule has 0 heterocycles. The molecule has 2 atom stereocenters. The van der Waals surface area contributed by atoms with Gasteiger partial charge in [-0.3, -0.25) is 0 Å². The molecule has 2 unspecified atom stereocenters. The van der Waals surface area contributed by atoms with Gasteiger partial charge in [0.2, 0.25) is 10.0 Å². The van der Waals surface area contributed by atoms with Crippen molar-refractivity contribution in [3.05, 3.63) is 27.7 Å². The number of sulfonamides is 1. The van der Waals surface area contributed by atoms with E-state index in [1.165, 1.54) is 12.5 Å². The quantitative estimate of drug-likeness (QED) is 0.701. The fourth-order valence-electron chi connectivity index (χ4n) is 2.41. The molecule has 1 aromatic carbocycles. The Balaban J connectivity index is 2.03. The summed E-state index contributed by atoms with van der Waals surface area (Å²) in [4.78, 5) is 0.635. The van der Waals surface area contributed by atoms with Gasteiger partial charge >= 0.3 is 0 Å². The van der Waals surface area contributed by atoms with Crippen molar-refractivity contribution in [2.24, 2.45) is 5.92 Å². The second-order valence-corrected chi connectivity index (χ2v) is 9.41. The highest BCUT2D eigenvalue weighted by atomic mass is 79.9. The maximum absolute atomic E-state index is 12.3. The molecule has 112 valence electrons. The van der Waals surface area contributed by atoms with Crippen LogP contribution in [-0.2, 0) is 10.0 Å². The summed E-state index contributed by atoms with van der Waals surface area (Å²) in [7, 11) is -3.54. The Bertz CT molecular complexity index is 580. The van der Waals surface area contributed by atoms with Crippen molar-refractivity contribution >= 4 is 53.5 Å². The van der Waals surface area contributed by atoms with E-state index in [9.17, 15) is 8.42 Å². The average Bonchev–Trinajstić information content (AvgIpc) is 2.36. The summed E-state index contributed by atoms with van der Waals surface area (Å²) in [5.41, 5.74) is 0. The number of hydrogen-bond acceptors (Lipinski definition) is 2. The molecular formula is C13H16Br2ClNO2S. The van der Waals surface area contributed by atoms with Gasteiger partial charge in [0.1, 0.15) is 4.90 Å². The molecule has 1 aliphatic carbocycles. The van der Waals surface area contributed by atoms with E-state index in [0.717, 1.165) is 23.7 Å². The number of alkyl halides is 1. The van der Waals surface area contributed by atoms with Crippen LogP contribution in [0.5, 0.6) is 0 Å². The van der Waals surface area contributed by atoms with Crippen LogP contribution >= 0.6 is 43.5 Å². The van der Waals surface area contributed by atoms with Gasteiger partial charge in [0.15, 0.2) is 0 Å². The fraction of sp³-hybridized carbons (Fsp3) is 0.538. The monoisotopic (exact) mass is 443 g/mol. The van der Waals surface area contributed by atoms with E-state index in [1.54, 1.807) is 12.1 Å². The first-order valence-electron chi connectivity index (χ1n) is 6.47. The third kappa shape index (κ3) is 4.44. The van der Waals surface area contributed by atoms with Gasteiger partial charge in [-0.1, -0.05) is 49.9 Å². The molecule has 0 bridgehead atoms. The Labute approximate surface area is 141 Å². The van der Waals surface area contributed by atoms with Crippen LogP contribution in [0, 0.1) is 5.92 Å². The Morgan fingerprint density at radius 2 is 2.10 bits per heavy atom. The smallest absolute Gasteiger partial charge is 0.211 e. The molecule has 2 rings (SSSR count). The lowest BCUT2D eigenvalue weighted by Gasteiger charge is -2.25. The lowest BCUT2D eigenvalue weighted by Crippen LogP contribution is -2.32. The van der Waals surface area contributed by atoms with E-state index in [4.69, 9.17) is 11.6 Å². The average molecular weight is 446 g/mol. The predicted molar refractivity (Wildman–Crippen MR) is 89.0 cm³/mol. The summed E-state index contributed by atoms with van der Waals surface area (Å²) in [6.07, 6.45) is 4.39. The maximum atomic E-state index is 12.3. The topological polar surface area (TPSA) is 46.2 Å². The molecule has 0 amide bonds. The van der Waals surface area contributed by atoms with Crippen molar-refractivity contribution in [2.75, 3.05) is 6.54 Å². The van der Waals surface area contributed by atoms with Crippen molar-refractivity contribution in [3.63, 3.8) is 0 Å². The summed E-state index contributed by atoms with van der Waals surface area (Å²) in [6.45, 7) is 0.469. The molecule has 1 aromatic rings. The van der Waals surface area contributed by atoms with Gasteiger partial charge in [0.05, 0.1) is 5.02 Å². The molecule has 7 heteroatoms. The van der Waals surface area contributed by atoms with Gasteiger partial charge in [0.25, 0.3) is 0 Å². The second-order valence-electron chi connectivity index (χ2n) is 5.06. The summed E-state index contributed by atoms with van der Waals surface area (Å²) >= 11 is 12.9.